The second-order valence-corrected chi connectivity index (χ2v) is 4.17. The zero-order valence-corrected chi connectivity index (χ0v) is 9.83. The lowest BCUT2D eigenvalue weighted by atomic mass is 9.98. The van der Waals surface area contributed by atoms with Crippen LogP contribution in [0, 0.1) is 0 Å². The van der Waals surface area contributed by atoms with Crippen LogP contribution in [0.4, 0.5) is 13.2 Å². The van der Waals surface area contributed by atoms with Gasteiger partial charge in [-0.05, 0) is 17.7 Å². The second kappa shape index (κ2) is 5.18. The molecule has 0 aromatic heterocycles. The van der Waals surface area contributed by atoms with Crippen molar-refractivity contribution in [3.63, 3.8) is 0 Å². The Balaban J connectivity index is 2.40. The summed E-state index contributed by atoms with van der Waals surface area (Å²) in [5.41, 5.74) is -1.09. The molecule has 1 aromatic carbocycles. The van der Waals surface area contributed by atoms with Gasteiger partial charge in [-0.3, -0.25) is 0 Å². The summed E-state index contributed by atoms with van der Waals surface area (Å²) in [6, 6.07) is 2.69. The molecule has 1 fully saturated rings. The first-order valence-corrected chi connectivity index (χ1v) is 5.66. The summed E-state index contributed by atoms with van der Waals surface area (Å²) in [5.74, 6) is -1.39. The Bertz CT molecular complexity index is 482. The standard InChI is InChI=1S/C12H12F3NO3/c13-12(14,15)7-1-2-8(9(5-7)11(17)18)10-6-16-3-4-19-10/h1-2,5,10,16H,3-4,6H2,(H,17,18). The van der Waals surface area contributed by atoms with E-state index < -0.39 is 23.8 Å². The van der Waals surface area contributed by atoms with E-state index in [1.165, 1.54) is 6.07 Å². The van der Waals surface area contributed by atoms with Crippen molar-refractivity contribution in [1.29, 1.82) is 0 Å². The Labute approximate surface area is 107 Å². The molecular formula is C12H12F3NO3. The largest absolute Gasteiger partial charge is 0.478 e. The molecule has 1 aromatic rings. The van der Waals surface area contributed by atoms with Gasteiger partial charge in [-0.15, -0.1) is 0 Å². The van der Waals surface area contributed by atoms with Gasteiger partial charge in [0.05, 0.1) is 23.8 Å². The molecule has 0 radical (unpaired) electrons. The topological polar surface area (TPSA) is 58.6 Å². The van der Waals surface area contributed by atoms with Crippen molar-refractivity contribution in [3.8, 4) is 0 Å². The number of alkyl halides is 3. The number of halogens is 3. The van der Waals surface area contributed by atoms with Gasteiger partial charge in [0, 0.05) is 13.1 Å². The molecule has 104 valence electrons. The number of rotatable bonds is 2. The highest BCUT2D eigenvalue weighted by molar-refractivity contribution is 5.89. The minimum atomic E-state index is -4.56. The van der Waals surface area contributed by atoms with Crippen molar-refractivity contribution < 1.29 is 27.8 Å². The molecular weight excluding hydrogens is 263 g/mol. The number of aromatic carboxylic acids is 1. The van der Waals surface area contributed by atoms with Crippen molar-refractivity contribution in [2.24, 2.45) is 0 Å². The SMILES string of the molecule is O=C(O)c1cc(C(F)(F)F)ccc1C1CNCCO1. The third kappa shape index (κ3) is 3.05. The summed E-state index contributed by atoms with van der Waals surface area (Å²) in [4.78, 5) is 11.1. The fraction of sp³-hybridized carbons (Fsp3) is 0.417. The summed E-state index contributed by atoms with van der Waals surface area (Å²) >= 11 is 0. The lowest BCUT2D eigenvalue weighted by molar-refractivity contribution is -0.137. The van der Waals surface area contributed by atoms with E-state index in [1.54, 1.807) is 0 Å². The van der Waals surface area contributed by atoms with Crippen molar-refractivity contribution >= 4 is 5.97 Å². The number of hydrogen-bond donors (Lipinski definition) is 2. The fourth-order valence-electron chi connectivity index (χ4n) is 1.96. The van der Waals surface area contributed by atoms with Gasteiger partial charge in [-0.1, -0.05) is 6.07 Å². The first-order valence-electron chi connectivity index (χ1n) is 5.66. The van der Waals surface area contributed by atoms with Gasteiger partial charge in [-0.25, -0.2) is 4.79 Å². The maximum atomic E-state index is 12.6. The van der Waals surface area contributed by atoms with Gasteiger partial charge in [0.25, 0.3) is 0 Å². The molecule has 0 amide bonds. The van der Waals surface area contributed by atoms with Crippen LogP contribution >= 0.6 is 0 Å². The third-order valence-electron chi connectivity index (χ3n) is 2.89. The molecule has 1 saturated heterocycles. The highest BCUT2D eigenvalue weighted by atomic mass is 19.4. The van der Waals surface area contributed by atoms with Crippen molar-refractivity contribution in [3.05, 3.63) is 34.9 Å². The van der Waals surface area contributed by atoms with Crippen LogP contribution in [0.2, 0.25) is 0 Å². The second-order valence-electron chi connectivity index (χ2n) is 4.17. The fourth-order valence-corrected chi connectivity index (χ4v) is 1.96. The number of ether oxygens (including phenoxy) is 1. The van der Waals surface area contributed by atoms with E-state index in [4.69, 9.17) is 9.84 Å². The molecule has 1 aliphatic rings. The van der Waals surface area contributed by atoms with Gasteiger partial charge in [0.2, 0.25) is 0 Å². The van der Waals surface area contributed by atoms with Gasteiger partial charge in [0.15, 0.2) is 0 Å². The molecule has 0 aliphatic carbocycles. The van der Waals surface area contributed by atoms with Crippen LogP contribution in [0.1, 0.15) is 27.6 Å². The molecule has 4 nitrogen and oxygen atoms in total. The van der Waals surface area contributed by atoms with Crippen LogP contribution in [-0.4, -0.2) is 30.8 Å². The van der Waals surface area contributed by atoms with Gasteiger partial charge in [-0.2, -0.15) is 13.2 Å². The number of morpholine rings is 1. The normalized spacial score (nSPS) is 20.3. The molecule has 0 saturated carbocycles. The number of carbonyl (C=O) groups is 1. The van der Waals surface area contributed by atoms with Crippen LogP contribution in [0.25, 0.3) is 0 Å². The van der Waals surface area contributed by atoms with E-state index in [0.29, 0.717) is 25.8 Å². The van der Waals surface area contributed by atoms with Crippen molar-refractivity contribution in [1.82, 2.24) is 5.32 Å². The van der Waals surface area contributed by atoms with Crippen LogP contribution in [0.15, 0.2) is 18.2 Å². The van der Waals surface area contributed by atoms with E-state index in [-0.39, 0.29) is 11.1 Å². The van der Waals surface area contributed by atoms with Crippen LogP contribution in [-0.2, 0) is 10.9 Å². The van der Waals surface area contributed by atoms with Crippen molar-refractivity contribution in [2.45, 2.75) is 12.3 Å². The highest BCUT2D eigenvalue weighted by Crippen LogP contribution is 2.32. The predicted molar refractivity (Wildman–Crippen MR) is 60.0 cm³/mol. The molecule has 1 heterocycles. The Hall–Kier alpha value is -1.60. The zero-order valence-electron chi connectivity index (χ0n) is 9.83. The predicted octanol–water partition coefficient (Wildman–Crippen LogP) is 2.06. The smallest absolute Gasteiger partial charge is 0.416 e. The zero-order chi connectivity index (χ0) is 14.0. The van der Waals surface area contributed by atoms with Gasteiger partial charge < -0.3 is 15.2 Å². The number of carboxylic acid groups (broad SMARTS) is 1. The summed E-state index contributed by atoms with van der Waals surface area (Å²) in [6.07, 6.45) is -5.10. The minimum Gasteiger partial charge on any atom is -0.478 e. The Morgan fingerprint density at radius 1 is 1.42 bits per heavy atom. The molecule has 0 bridgehead atoms. The molecule has 1 atom stereocenters. The highest BCUT2D eigenvalue weighted by Gasteiger charge is 2.33. The average Bonchev–Trinajstić information content (AvgIpc) is 2.38. The molecule has 0 spiro atoms. The molecule has 19 heavy (non-hydrogen) atoms. The number of hydrogen-bond acceptors (Lipinski definition) is 3. The number of nitrogens with one attached hydrogen (secondary N) is 1. The quantitative estimate of drug-likeness (QED) is 0.867. The van der Waals surface area contributed by atoms with E-state index in [9.17, 15) is 18.0 Å². The van der Waals surface area contributed by atoms with E-state index in [1.807, 2.05) is 0 Å². The van der Waals surface area contributed by atoms with Crippen LogP contribution in [0.3, 0.4) is 0 Å². The Kier molecular flexibility index (Phi) is 3.77. The summed E-state index contributed by atoms with van der Waals surface area (Å²) in [7, 11) is 0. The number of benzene rings is 1. The van der Waals surface area contributed by atoms with Crippen LogP contribution in [0.5, 0.6) is 0 Å². The molecule has 2 rings (SSSR count). The average molecular weight is 275 g/mol. The monoisotopic (exact) mass is 275 g/mol. The van der Waals surface area contributed by atoms with Gasteiger partial charge >= 0.3 is 12.1 Å². The molecule has 2 N–H and O–H groups in total. The van der Waals surface area contributed by atoms with E-state index >= 15 is 0 Å². The molecule has 1 aliphatic heterocycles. The number of carboxylic acids is 1. The third-order valence-corrected chi connectivity index (χ3v) is 2.89. The lowest BCUT2D eigenvalue weighted by Crippen LogP contribution is -2.34. The first-order chi connectivity index (χ1) is 8.89. The Morgan fingerprint density at radius 3 is 2.68 bits per heavy atom. The van der Waals surface area contributed by atoms with Crippen molar-refractivity contribution in [2.75, 3.05) is 19.7 Å². The Morgan fingerprint density at radius 2 is 2.16 bits per heavy atom. The van der Waals surface area contributed by atoms with Crippen LogP contribution < -0.4 is 5.32 Å². The van der Waals surface area contributed by atoms with Gasteiger partial charge in [0.1, 0.15) is 0 Å². The lowest BCUT2D eigenvalue weighted by Gasteiger charge is -2.25. The van der Waals surface area contributed by atoms with E-state index in [2.05, 4.69) is 5.32 Å². The maximum Gasteiger partial charge on any atom is 0.416 e. The minimum absolute atomic E-state index is 0.257. The summed E-state index contributed by atoms with van der Waals surface area (Å²) < 4.78 is 43.1. The molecule has 7 heteroatoms. The van der Waals surface area contributed by atoms with E-state index in [0.717, 1.165) is 6.07 Å². The maximum absolute atomic E-state index is 12.6. The molecule has 1 unspecified atom stereocenters. The summed E-state index contributed by atoms with van der Waals surface area (Å²) in [6.45, 7) is 1.41. The first kappa shape index (κ1) is 13.8. The summed E-state index contributed by atoms with van der Waals surface area (Å²) in [5, 5.41) is 12.0.